The Balaban J connectivity index is 1.83. The average molecular weight is 479 g/mol. The molecule has 0 aliphatic rings. The molecule has 33 heavy (non-hydrogen) atoms. The first-order valence-electron chi connectivity index (χ1n) is 10.3. The number of pyridine rings is 2. The van der Waals surface area contributed by atoms with Crippen molar-refractivity contribution in [3.8, 4) is 10.4 Å². The molecule has 4 aromatic heterocycles. The Kier molecular flexibility index (Phi) is 5.18. The van der Waals surface area contributed by atoms with Crippen molar-refractivity contribution >= 4 is 34.0 Å². The predicted molar refractivity (Wildman–Crippen MR) is 131 cm³/mol. The molecule has 0 saturated heterocycles. The lowest BCUT2D eigenvalue weighted by Crippen LogP contribution is -2.28. The van der Waals surface area contributed by atoms with E-state index in [-0.39, 0.29) is 11.3 Å². The molecule has 8 heteroatoms. The summed E-state index contributed by atoms with van der Waals surface area (Å²) < 4.78 is 20.4. The maximum Gasteiger partial charge on any atom is 0.251 e. The number of aromatic nitrogens is 4. The zero-order valence-corrected chi connectivity index (χ0v) is 19.8. The van der Waals surface area contributed by atoms with Crippen molar-refractivity contribution < 1.29 is 4.39 Å². The molecule has 0 bridgehead atoms. The van der Waals surface area contributed by atoms with Crippen molar-refractivity contribution in [2.24, 2.45) is 14.1 Å². The average Bonchev–Trinajstić information content (AvgIpc) is 3.44. The second-order valence-electron chi connectivity index (χ2n) is 7.98. The van der Waals surface area contributed by atoms with Crippen LogP contribution in [0.1, 0.15) is 21.8 Å². The molecule has 0 aliphatic heterocycles. The van der Waals surface area contributed by atoms with E-state index in [2.05, 4.69) is 4.98 Å². The first-order chi connectivity index (χ1) is 15.8. The molecule has 0 spiro atoms. The first-order valence-corrected chi connectivity index (χ1v) is 11.5. The van der Waals surface area contributed by atoms with Gasteiger partial charge in [0.05, 0.1) is 34.9 Å². The molecule has 0 amide bonds. The highest BCUT2D eigenvalue weighted by Gasteiger charge is 2.41. The SMILES string of the molecule is Cc1ccc(-c2cc(=O)n(C)c3ccc([C@](F)(c4ccc(Cl)cc4)c4cncn4C)nc23)s1. The molecule has 166 valence electrons. The monoisotopic (exact) mass is 478 g/mol. The number of benzene rings is 1. The van der Waals surface area contributed by atoms with E-state index in [0.29, 0.717) is 32.9 Å². The van der Waals surface area contributed by atoms with Crippen LogP contribution in [0.4, 0.5) is 4.39 Å². The van der Waals surface area contributed by atoms with Crippen LogP contribution in [0.15, 0.2) is 71.9 Å². The Labute approximate surface area is 198 Å². The third-order valence-corrected chi connectivity index (χ3v) is 7.15. The maximum atomic E-state index is 17.2. The van der Waals surface area contributed by atoms with Gasteiger partial charge < -0.3 is 9.13 Å². The van der Waals surface area contributed by atoms with Crippen LogP contribution in [0.3, 0.4) is 0 Å². The zero-order chi connectivity index (χ0) is 23.3. The van der Waals surface area contributed by atoms with Crippen LogP contribution in [0.2, 0.25) is 5.02 Å². The summed E-state index contributed by atoms with van der Waals surface area (Å²) in [5.41, 5.74) is 0.599. The number of hydrogen-bond donors (Lipinski definition) is 0. The molecule has 4 heterocycles. The fourth-order valence-electron chi connectivity index (χ4n) is 4.08. The number of alkyl halides is 1. The smallest absolute Gasteiger partial charge is 0.251 e. The fourth-order valence-corrected chi connectivity index (χ4v) is 5.09. The summed E-state index contributed by atoms with van der Waals surface area (Å²) in [5, 5.41) is 0.517. The third-order valence-electron chi connectivity index (χ3n) is 5.86. The molecular weight excluding hydrogens is 459 g/mol. The van der Waals surface area contributed by atoms with Crippen molar-refractivity contribution in [1.82, 2.24) is 19.1 Å². The van der Waals surface area contributed by atoms with Crippen LogP contribution in [0.25, 0.3) is 21.5 Å². The molecule has 0 unspecified atom stereocenters. The summed E-state index contributed by atoms with van der Waals surface area (Å²) in [7, 11) is 3.44. The number of hydrogen-bond acceptors (Lipinski definition) is 4. The molecule has 5 rings (SSSR count). The summed E-state index contributed by atoms with van der Waals surface area (Å²) in [4.78, 5) is 23.6. The second-order valence-corrected chi connectivity index (χ2v) is 9.71. The summed E-state index contributed by atoms with van der Waals surface area (Å²) >= 11 is 7.65. The van der Waals surface area contributed by atoms with Gasteiger partial charge >= 0.3 is 0 Å². The molecule has 5 nitrogen and oxygen atoms in total. The van der Waals surface area contributed by atoms with Gasteiger partial charge in [-0.25, -0.2) is 14.4 Å². The van der Waals surface area contributed by atoms with E-state index in [9.17, 15) is 4.79 Å². The quantitative estimate of drug-likeness (QED) is 0.337. The molecule has 0 fully saturated rings. The number of fused-ring (bicyclic) bond motifs is 1. The van der Waals surface area contributed by atoms with Gasteiger partial charge in [0.1, 0.15) is 0 Å². The largest absolute Gasteiger partial charge is 0.334 e. The van der Waals surface area contributed by atoms with Gasteiger partial charge in [-0.15, -0.1) is 11.3 Å². The van der Waals surface area contributed by atoms with Gasteiger partial charge in [-0.2, -0.15) is 0 Å². The van der Waals surface area contributed by atoms with Gasteiger partial charge in [0, 0.05) is 46.1 Å². The van der Waals surface area contributed by atoms with Gasteiger partial charge in [-0.3, -0.25) is 4.79 Å². The van der Waals surface area contributed by atoms with Crippen LogP contribution in [-0.4, -0.2) is 19.1 Å². The molecular formula is C25H20ClFN4OS. The lowest BCUT2D eigenvalue weighted by atomic mass is 9.88. The van der Waals surface area contributed by atoms with Crippen molar-refractivity contribution in [3.05, 3.63) is 104 Å². The number of thiophene rings is 1. The molecule has 0 N–H and O–H groups in total. The minimum atomic E-state index is -2.08. The molecule has 0 saturated carbocycles. The van der Waals surface area contributed by atoms with E-state index >= 15 is 4.39 Å². The minimum absolute atomic E-state index is 0.144. The Bertz CT molecular complexity index is 1550. The van der Waals surface area contributed by atoms with E-state index < -0.39 is 5.67 Å². The molecule has 1 atom stereocenters. The minimum Gasteiger partial charge on any atom is -0.334 e. The zero-order valence-electron chi connectivity index (χ0n) is 18.2. The fraction of sp³-hybridized carbons (Fsp3) is 0.160. The van der Waals surface area contributed by atoms with E-state index in [4.69, 9.17) is 16.6 Å². The molecule has 0 radical (unpaired) electrons. The van der Waals surface area contributed by atoms with Gasteiger partial charge in [0.2, 0.25) is 5.67 Å². The van der Waals surface area contributed by atoms with E-state index in [0.717, 1.165) is 9.75 Å². The number of halogens is 2. The normalized spacial score (nSPS) is 13.4. The Hall–Kier alpha value is -3.29. The van der Waals surface area contributed by atoms with Crippen LogP contribution >= 0.6 is 22.9 Å². The Morgan fingerprint density at radius 3 is 2.45 bits per heavy atom. The first kappa shape index (κ1) is 21.6. The standard InChI is InChI=1S/C25H20ClFN4OS/c1-15-4-10-20(33-15)18-12-23(32)31(3)19-9-11-21(29-24(18)19)25(27,22-13-28-14-30(22)2)16-5-7-17(26)8-6-16/h4-14H,1-3H3/t25-/m1/s1. The molecule has 0 aliphatic carbocycles. The third kappa shape index (κ3) is 3.48. The summed E-state index contributed by atoms with van der Waals surface area (Å²) in [6.45, 7) is 2.01. The van der Waals surface area contributed by atoms with E-state index in [1.807, 2.05) is 19.1 Å². The van der Waals surface area contributed by atoms with Crippen LogP contribution in [0, 0.1) is 6.92 Å². The van der Waals surface area contributed by atoms with Crippen molar-refractivity contribution in [3.63, 3.8) is 0 Å². The van der Waals surface area contributed by atoms with Gasteiger partial charge in [0.15, 0.2) is 0 Å². The number of rotatable bonds is 4. The molecule has 1 aromatic carbocycles. The van der Waals surface area contributed by atoms with Crippen LogP contribution < -0.4 is 5.56 Å². The highest BCUT2D eigenvalue weighted by atomic mass is 35.5. The van der Waals surface area contributed by atoms with Crippen LogP contribution in [-0.2, 0) is 19.8 Å². The van der Waals surface area contributed by atoms with Crippen molar-refractivity contribution in [2.75, 3.05) is 0 Å². The predicted octanol–water partition coefficient (Wildman–Crippen LogP) is 5.62. The Morgan fingerprint density at radius 2 is 1.82 bits per heavy atom. The van der Waals surface area contributed by atoms with E-state index in [1.54, 1.807) is 78.8 Å². The lowest BCUT2D eigenvalue weighted by Gasteiger charge is -2.26. The number of nitrogens with zero attached hydrogens (tertiary/aromatic N) is 4. The summed E-state index contributed by atoms with van der Waals surface area (Å²) in [6.07, 6.45) is 3.06. The maximum absolute atomic E-state index is 17.2. The summed E-state index contributed by atoms with van der Waals surface area (Å²) in [6, 6.07) is 15.5. The summed E-state index contributed by atoms with van der Waals surface area (Å²) in [5.74, 6) is 0. The van der Waals surface area contributed by atoms with Gasteiger partial charge in [0.25, 0.3) is 5.56 Å². The lowest BCUT2D eigenvalue weighted by molar-refractivity contribution is 0.260. The molecule has 5 aromatic rings. The second kappa shape index (κ2) is 7.93. The van der Waals surface area contributed by atoms with Gasteiger partial charge in [-0.05, 0) is 43.3 Å². The highest BCUT2D eigenvalue weighted by molar-refractivity contribution is 7.15. The van der Waals surface area contributed by atoms with E-state index in [1.165, 1.54) is 10.8 Å². The highest BCUT2D eigenvalue weighted by Crippen LogP contribution is 2.41. The topological polar surface area (TPSA) is 52.7 Å². The number of imidazole rings is 1. The van der Waals surface area contributed by atoms with Crippen molar-refractivity contribution in [1.29, 1.82) is 0 Å². The van der Waals surface area contributed by atoms with Crippen LogP contribution in [0.5, 0.6) is 0 Å². The Morgan fingerprint density at radius 1 is 1.06 bits per heavy atom. The number of aryl methyl sites for hydroxylation is 3. The van der Waals surface area contributed by atoms with Crippen molar-refractivity contribution in [2.45, 2.75) is 12.6 Å². The van der Waals surface area contributed by atoms with Gasteiger partial charge in [-0.1, -0.05) is 23.7 Å².